The lowest BCUT2D eigenvalue weighted by molar-refractivity contribution is 0.379. The average molecular weight is 108 g/mol. The van der Waals surface area contributed by atoms with Gasteiger partial charge in [-0.05, 0) is 24.7 Å². The minimum absolute atomic E-state index is 0.953. The normalized spacial score (nSPS) is 42.8. The van der Waals surface area contributed by atoms with Crippen LogP contribution in [0.15, 0.2) is 11.1 Å². The zero-order chi connectivity index (χ0) is 5.72. The number of rotatable bonds is 0. The molecule has 0 aliphatic heterocycles. The topological polar surface area (TPSA) is 0 Å². The van der Waals surface area contributed by atoms with Crippen LogP contribution in [-0.4, -0.2) is 0 Å². The second-order valence-corrected chi connectivity index (χ2v) is 3.27. The van der Waals surface area contributed by atoms with Crippen LogP contribution in [0.2, 0.25) is 0 Å². The van der Waals surface area contributed by atoms with Gasteiger partial charge in [-0.15, -0.1) is 0 Å². The zero-order valence-corrected chi connectivity index (χ0v) is 5.57. The van der Waals surface area contributed by atoms with Crippen molar-refractivity contribution in [3.8, 4) is 0 Å². The molecule has 0 amide bonds. The summed E-state index contributed by atoms with van der Waals surface area (Å²) >= 11 is 0. The van der Waals surface area contributed by atoms with Crippen LogP contribution in [0.25, 0.3) is 0 Å². The molecule has 0 radical (unpaired) electrons. The van der Waals surface area contributed by atoms with Gasteiger partial charge in [-0.25, -0.2) is 0 Å². The van der Waals surface area contributed by atoms with Crippen molar-refractivity contribution in [2.45, 2.75) is 26.7 Å². The molecule has 0 aromatic carbocycles. The molecule has 2 aliphatic rings. The Morgan fingerprint density at radius 3 is 1.75 bits per heavy atom. The van der Waals surface area contributed by atoms with E-state index in [0.29, 0.717) is 0 Å². The lowest BCUT2D eigenvalue weighted by Crippen LogP contribution is -2.30. The molecule has 0 saturated heterocycles. The first kappa shape index (κ1) is 4.60. The van der Waals surface area contributed by atoms with E-state index < -0.39 is 0 Å². The average Bonchev–Trinajstić information content (AvgIpc) is 1.63. The summed E-state index contributed by atoms with van der Waals surface area (Å²) in [6, 6.07) is 0. The maximum absolute atomic E-state index is 2.34. The third-order valence-electron chi connectivity index (χ3n) is 2.58. The van der Waals surface area contributed by atoms with Crippen LogP contribution in [0.1, 0.15) is 26.7 Å². The van der Waals surface area contributed by atoms with Crippen LogP contribution < -0.4 is 0 Å². The Balaban J connectivity index is 2.25. The minimum atomic E-state index is 0.953. The second-order valence-electron chi connectivity index (χ2n) is 3.27. The molecule has 0 saturated carbocycles. The molecule has 0 N–H and O–H groups in total. The molecule has 0 aromatic heterocycles. The summed E-state index contributed by atoms with van der Waals surface area (Å²) in [4.78, 5) is 0. The van der Waals surface area contributed by atoms with Crippen molar-refractivity contribution in [3.63, 3.8) is 0 Å². The predicted molar refractivity (Wildman–Crippen MR) is 34.6 cm³/mol. The highest BCUT2D eigenvalue weighted by atomic mass is 14.4. The molecule has 2 atom stereocenters. The summed E-state index contributed by atoms with van der Waals surface area (Å²) < 4.78 is 0. The molecule has 0 aromatic rings. The molecule has 44 valence electrons. The Hall–Kier alpha value is -0.260. The summed E-state index contributed by atoms with van der Waals surface area (Å²) in [7, 11) is 0. The number of hydrogen-bond donors (Lipinski definition) is 0. The largest absolute Gasteiger partial charge is 0.0693 e. The van der Waals surface area contributed by atoms with E-state index in [1.54, 1.807) is 11.1 Å². The van der Waals surface area contributed by atoms with E-state index in [-0.39, 0.29) is 0 Å². The van der Waals surface area contributed by atoms with E-state index in [0.717, 1.165) is 11.8 Å². The van der Waals surface area contributed by atoms with Crippen LogP contribution in [0.4, 0.5) is 0 Å². The highest BCUT2D eigenvalue weighted by Crippen LogP contribution is 2.51. The van der Waals surface area contributed by atoms with E-state index in [9.17, 15) is 0 Å². The van der Waals surface area contributed by atoms with E-state index in [1.165, 1.54) is 12.8 Å². The van der Waals surface area contributed by atoms with Crippen molar-refractivity contribution in [1.82, 2.24) is 0 Å². The van der Waals surface area contributed by atoms with Crippen molar-refractivity contribution in [2.24, 2.45) is 11.8 Å². The summed E-state index contributed by atoms with van der Waals surface area (Å²) in [5.41, 5.74) is 3.58. The van der Waals surface area contributed by atoms with Gasteiger partial charge < -0.3 is 0 Å². The van der Waals surface area contributed by atoms with Gasteiger partial charge in [0.15, 0.2) is 0 Å². The van der Waals surface area contributed by atoms with E-state index in [2.05, 4.69) is 13.8 Å². The Morgan fingerprint density at radius 2 is 1.62 bits per heavy atom. The smallest absolute Gasteiger partial charge is 0.0189 e. The van der Waals surface area contributed by atoms with Crippen LogP contribution in [-0.2, 0) is 0 Å². The van der Waals surface area contributed by atoms with Crippen LogP contribution in [0.5, 0.6) is 0 Å². The molecule has 2 aliphatic carbocycles. The van der Waals surface area contributed by atoms with Gasteiger partial charge in [-0.2, -0.15) is 0 Å². The summed E-state index contributed by atoms with van der Waals surface area (Å²) in [6.45, 7) is 4.68. The lowest BCUT2D eigenvalue weighted by atomic mass is 9.61. The zero-order valence-electron chi connectivity index (χ0n) is 5.57. The molecule has 2 unspecified atom stereocenters. The van der Waals surface area contributed by atoms with Crippen LogP contribution in [0, 0.1) is 11.8 Å². The Labute approximate surface area is 50.6 Å². The minimum Gasteiger partial charge on any atom is -0.0693 e. The van der Waals surface area contributed by atoms with Gasteiger partial charge in [0.05, 0.1) is 0 Å². The molecule has 0 spiro atoms. The number of allylic oxidation sites excluding steroid dienone is 2. The molecule has 0 fully saturated rings. The maximum atomic E-state index is 2.34. The molecule has 2 rings (SSSR count). The van der Waals surface area contributed by atoms with Gasteiger partial charge in [0.2, 0.25) is 0 Å². The molecule has 0 bridgehead atoms. The van der Waals surface area contributed by atoms with Crippen LogP contribution >= 0.6 is 0 Å². The van der Waals surface area contributed by atoms with Crippen molar-refractivity contribution < 1.29 is 0 Å². The summed E-state index contributed by atoms with van der Waals surface area (Å²) in [5.74, 6) is 1.91. The van der Waals surface area contributed by atoms with Crippen LogP contribution in [0.3, 0.4) is 0 Å². The molecule has 8 heavy (non-hydrogen) atoms. The fraction of sp³-hybridized carbons (Fsp3) is 0.750. The Bertz CT molecular complexity index is 137. The van der Waals surface area contributed by atoms with Gasteiger partial charge in [-0.1, -0.05) is 25.0 Å². The first-order valence-corrected chi connectivity index (χ1v) is 3.51. The molecule has 0 nitrogen and oxygen atoms in total. The van der Waals surface area contributed by atoms with Gasteiger partial charge >= 0.3 is 0 Å². The third kappa shape index (κ3) is 0.331. The SMILES string of the molecule is CC1CC2=C1C(C)C2. The Kier molecular flexibility index (Phi) is 0.677. The van der Waals surface area contributed by atoms with Gasteiger partial charge in [0.25, 0.3) is 0 Å². The molecule has 0 heteroatoms. The number of hydrogen-bond acceptors (Lipinski definition) is 0. The van der Waals surface area contributed by atoms with Crippen molar-refractivity contribution >= 4 is 0 Å². The van der Waals surface area contributed by atoms with Gasteiger partial charge in [0.1, 0.15) is 0 Å². The Morgan fingerprint density at radius 1 is 1.12 bits per heavy atom. The van der Waals surface area contributed by atoms with Gasteiger partial charge in [0, 0.05) is 0 Å². The first-order chi connectivity index (χ1) is 3.79. The third-order valence-corrected chi connectivity index (χ3v) is 2.58. The van der Waals surface area contributed by atoms with Gasteiger partial charge in [-0.3, -0.25) is 0 Å². The van der Waals surface area contributed by atoms with Crippen molar-refractivity contribution in [1.29, 1.82) is 0 Å². The highest BCUT2D eigenvalue weighted by molar-refractivity contribution is 5.38. The standard InChI is InChI=1S/C8H12/c1-5-3-7-4-6(2)8(5)7/h5-6H,3-4H2,1-2H3. The monoisotopic (exact) mass is 108 g/mol. The quantitative estimate of drug-likeness (QED) is 0.418. The molecule has 0 heterocycles. The fourth-order valence-corrected chi connectivity index (χ4v) is 2.20. The first-order valence-electron chi connectivity index (χ1n) is 3.51. The van der Waals surface area contributed by atoms with E-state index >= 15 is 0 Å². The molecular formula is C8H12. The molecular weight excluding hydrogens is 96.1 g/mol. The van der Waals surface area contributed by atoms with Crippen molar-refractivity contribution in [3.05, 3.63) is 11.1 Å². The fourth-order valence-electron chi connectivity index (χ4n) is 2.20. The predicted octanol–water partition coefficient (Wildman–Crippen LogP) is 2.36. The van der Waals surface area contributed by atoms with E-state index in [1.807, 2.05) is 0 Å². The maximum Gasteiger partial charge on any atom is -0.0189 e. The highest BCUT2D eigenvalue weighted by Gasteiger charge is 2.37. The second kappa shape index (κ2) is 1.18. The summed E-state index contributed by atoms with van der Waals surface area (Å²) in [5, 5.41) is 0. The van der Waals surface area contributed by atoms with E-state index in [4.69, 9.17) is 0 Å². The lowest BCUT2D eigenvalue weighted by Gasteiger charge is -2.44. The van der Waals surface area contributed by atoms with Crippen molar-refractivity contribution in [2.75, 3.05) is 0 Å². The summed E-state index contributed by atoms with van der Waals surface area (Å²) in [6.07, 6.45) is 2.83.